The van der Waals surface area contributed by atoms with Gasteiger partial charge in [0, 0.05) is 25.3 Å². The number of aryl methyl sites for hydroxylation is 1. The average Bonchev–Trinajstić information content (AvgIpc) is 2.54. The Hall–Kier alpha value is -1.75. The van der Waals surface area contributed by atoms with E-state index in [0.717, 1.165) is 38.8 Å². The third kappa shape index (κ3) is 5.43. The summed E-state index contributed by atoms with van der Waals surface area (Å²) in [4.78, 5) is 14.2. The van der Waals surface area contributed by atoms with Gasteiger partial charge in [-0.25, -0.2) is 4.79 Å². The highest BCUT2D eigenvalue weighted by Crippen LogP contribution is 2.18. The van der Waals surface area contributed by atoms with Crippen molar-refractivity contribution in [3.05, 3.63) is 29.8 Å². The Kier molecular flexibility index (Phi) is 6.71. The maximum Gasteiger partial charge on any atom is 0.315 e. The van der Waals surface area contributed by atoms with Crippen LogP contribution in [0.4, 0.5) is 10.5 Å². The summed E-state index contributed by atoms with van der Waals surface area (Å²) in [5, 5.41) is 15.7. The van der Waals surface area contributed by atoms with E-state index in [-0.39, 0.29) is 12.1 Å². The molecule has 3 N–H and O–H groups in total. The molecule has 0 spiro atoms. The molecule has 0 aliphatic heterocycles. The monoisotopic (exact) mass is 319 g/mol. The molecule has 0 aromatic heterocycles. The number of hydrogen-bond donors (Lipinski definition) is 3. The smallest absolute Gasteiger partial charge is 0.315 e. The topological polar surface area (TPSA) is 64.6 Å². The highest BCUT2D eigenvalue weighted by atomic mass is 16.3. The van der Waals surface area contributed by atoms with Crippen LogP contribution in [-0.2, 0) is 0 Å². The molecule has 2 unspecified atom stereocenters. The van der Waals surface area contributed by atoms with Gasteiger partial charge < -0.3 is 20.6 Å². The van der Waals surface area contributed by atoms with Gasteiger partial charge >= 0.3 is 6.03 Å². The first-order valence-corrected chi connectivity index (χ1v) is 8.64. The zero-order valence-electron chi connectivity index (χ0n) is 14.2. The summed E-state index contributed by atoms with van der Waals surface area (Å²) >= 11 is 0. The summed E-state index contributed by atoms with van der Waals surface area (Å²) in [7, 11) is 0. The SMILES string of the molecule is CCN(CCNC(=O)NC1CCCCC1O)c1cccc(C)c1. The van der Waals surface area contributed by atoms with E-state index in [2.05, 4.69) is 53.6 Å². The molecule has 5 heteroatoms. The molecule has 1 aliphatic carbocycles. The van der Waals surface area contributed by atoms with Gasteiger partial charge in [-0.05, 0) is 44.4 Å². The number of anilines is 1. The summed E-state index contributed by atoms with van der Waals surface area (Å²) in [5.74, 6) is 0. The molecule has 2 amide bonds. The van der Waals surface area contributed by atoms with Gasteiger partial charge in [0.25, 0.3) is 0 Å². The number of likely N-dealkylation sites (N-methyl/N-ethyl adjacent to an activating group) is 1. The molecular weight excluding hydrogens is 290 g/mol. The number of aliphatic hydroxyl groups excluding tert-OH is 1. The Morgan fingerprint density at radius 3 is 2.83 bits per heavy atom. The molecule has 2 rings (SSSR count). The predicted octanol–water partition coefficient (Wildman–Crippen LogP) is 2.42. The van der Waals surface area contributed by atoms with Crippen molar-refractivity contribution in [1.82, 2.24) is 10.6 Å². The minimum atomic E-state index is -0.408. The van der Waals surface area contributed by atoms with E-state index in [0.29, 0.717) is 6.54 Å². The fourth-order valence-corrected chi connectivity index (χ4v) is 3.10. The van der Waals surface area contributed by atoms with Crippen LogP contribution in [0, 0.1) is 6.92 Å². The van der Waals surface area contributed by atoms with Gasteiger partial charge in [0.2, 0.25) is 0 Å². The predicted molar refractivity (Wildman–Crippen MR) is 93.9 cm³/mol. The van der Waals surface area contributed by atoms with E-state index in [1.54, 1.807) is 0 Å². The minimum absolute atomic E-state index is 0.109. The van der Waals surface area contributed by atoms with Crippen LogP contribution in [0.3, 0.4) is 0 Å². The molecule has 23 heavy (non-hydrogen) atoms. The van der Waals surface area contributed by atoms with Crippen LogP contribution in [0.5, 0.6) is 0 Å². The summed E-state index contributed by atoms with van der Waals surface area (Å²) in [6.07, 6.45) is 3.34. The van der Waals surface area contributed by atoms with Crippen molar-refractivity contribution in [2.75, 3.05) is 24.5 Å². The van der Waals surface area contributed by atoms with E-state index in [9.17, 15) is 9.90 Å². The number of urea groups is 1. The quantitative estimate of drug-likeness (QED) is 0.754. The van der Waals surface area contributed by atoms with E-state index >= 15 is 0 Å². The first-order valence-electron chi connectivity index (χ1n) is 8.64. The Morgan fingerprint density at radius 1 is 1.35 bits per heavy atom. The molecule has 1 fully saturated rings. The molecule has 0 radical (unpaired) electrons. The first-order chi connectivity index (χ1) is 11.1. The number of hydrogen-bond acceptors (Lipinski definition) is 3. The van der Waals surface area contributed by atoms with Gasteiger partial charge in [-0.3, -0.25) is 0 Å². The Morgan fingerprint density at radius 2 is 2.13 bits per heavy atom. The number of carbonyl (C=O) groups excluding carboxylic acids is 1. The lowest BCUT2D eigenvalue weighted by molar-refractivity contribution is 0.0943. The van der Waals surface area contributed by atoms with Crippen molar-refractivity contribution in [2.24, 2.45) is 0 Å². The second-order valence-corrected chi connectivity index (χ2v) is 6.28. The molecule has 1 aromatic rings. The second-order valence-electron chi connectivity index (χ2n) is 6.28. The molecule has 0 bridgehead atoms. The summed E-state index contributed by atoms with van der Waals surface area (Å²) in [5.41, 5.74) is 2.41. The molecular formula is C18H29N3O2. The van der Waals surface area contributed by atoms with Gasteiger partial charge in [0.05, 0.1) is 12.1 Å². The molecule has 1 aliphatic rings. The maximum absolute atomic E-state index is 12.0. The molecule has 1 saturated carbocycles. The third-order valence-corrected chi connectivity index (χ3v) is 4.46. The molecule has 0 saturated heterocycles. The Balaban J connectivity index is 1.75. The van der Waals surface area contributed by atoms with Gasteiger partial charge in [-0.2, -0.15) is 0 Å². The number of rotatable bonds is 6. The van der Waals surface area contributed by atoms with Gasteiger partial charge in [-0.15, -0.1) is 0 Å². The fourth-order valence-electron chi connectivity index (χ4n) is 3.10. The molecule has 0 heterocycles. The van der Waals surface area contributed by atoms with E-state index < -0.39 is 6.10 Å². The normalized spacial score (nSPS) is 20.8. The Labute approximate surface area is 139 Å². The summed E-state index contributed by atoms with van der Waals surface area (Å²) < 4.78 is 0. The van der Waals surface area contributed by atoms with Gasteiger partial charge in [-0.1, -0.05) is 25.0 Å². The maximum atomic E-state index is 12.0. The largest absolute Gasteiger partial charge is 0.391 e. The number of benzene rings is 1. The summed E-state index contributed by atoms with van der Waals surface area (Å²) in [6, 6.07) is 8.09. The third-order valence-electron chi connectivity index (χ3n) is 4.46. The van der Waals surface area contributed by atoms with Crippen LogP contribution >= 0.6 is 0 Å². The summed E-state index contributed by atoms with van der Waals surface area (Å²) in [6.45, 7) is 6.43. The van der Waals surface area contributed by atoms with Crippen molar-refractivity contribution in [3.8, 4) is 0 Å². The van der Waals surface area contributed by atoms with Crippen molar-refractivity contribution >= 4 is 11.7 Å². The van der Waals surface area contributed by atoms with E-state index in [1.165, 1.54) is 11.3 Å². The van der Waals surface area contributed by atoms with E-state index in [4.69, 9.17) is 0 Å². The van der Waals surface area contributed by atoms with Crippen molar-refractivity contribution in [2.45, 2.75) is 51.7 Å². The van der Waals surface area contributed by atoms with Crippen molar-refractivity contribution < 1.29 is 9.90 Å². The fraction of sp³-hybridized carbons (Fsp3) is 0.611. The van der Waals surface area contributed by atoms with Crippen LogP contribution < -0.4 is 15.5 Å². The zero-order chi connectivity index (χ0) is 16.7. The lowest BCUT2D eigenvalue weighted by atomic mass is 9.93. The number of aliphatic hydroxyl groups is 1. The molecule has 5 nitrogen and oxygen atoms in total. The highest BCUT2D eigenvalue weighted by Gasteiger charge is 2.24. The number of amides is 2. The number of nitrogens with one attached hydrogen (secondary N) is 2. The molecule has 1 aromatic carbocycles. The zero-order valence-corrected chi connectivity index (χ0v) is 14.2. The lowest BCUT2D eigenvalue weighted by Crippen LogP contribution is -2.50. The second kappa shape index (κ2) is 8.77. The van der Waals surface area contributed by atoms with Crippen LogP contribution in [0.15, 0.2) is 24.3 Å². The average molecular weight is 319 g/mol. The standard InChI is InChI=1S/C18H29N3O2/c1-3-21(15-8-6-7-14(2)13-15)12-11-19-18(23)20-16-9-4-5-10-17(16)22/h6-8,13,16-17,22H,3-5,9-12H2,1-2H3,(H2,19,20,23). The first kappa shape index (κ1) is 17.6. The van der Waals surface area contributed by atoms with Crippen LogP contribution in [0.2, 0.25) is 0 Å². The van der Waals surface area contributed by atoms with Gasteiger partial charge in [0.1, 0.15) is 0 Å². The van der Waals surface area contributed by atoms with E-state index in [1.807, 2.05) is 0 Å². The molecule has 2 atom stereocenters. The van der Waals surface area contributed by atoms with Gasteiger partial charge in [0.15, 0.2) is 0 Å². The number of carbonyl (C=O) groups is 1. The van der Waals surface area contributed by atoms with Crippen molar-refractivity contribution in [3.63, 3.8) is 0 Å². The van der Waals surface area contributed by atoms with Crippen LogP contribution in [0.25, 0.3) is 0 Å². The minimum Gasteiger partial charge on any atom is -0.391 e. The Bertz CT molecular complexity index is 507. The van der Waals surface area contributed by atoms with Crippen molar-refractivity contribution in [1.29, 1.82) is 0 Å². The van der Waals surface area contributed by atoms with Crippen LogP contribution in [-0.4, -0.2) is 42.9 Å². The lowest BCUT2D eigenvalue weighted by Gasteiger charge is -2.28. The molecule has 128 valence electrons. The highest BCUT2D eigenvalue weighted by molar-refractivity contribution is 5.74. The van der Waals surface area contributed by atoms with Crippen LogP contribution in [0.1, 0.15) is 38.2 Å². The number of nitrogens with zero attached hydrogens (tertiary/aromatic N) is 1.